The van der Waals surface area contributed by atoms with Gasteiger partial charge in [-0.3, -0.25) is 14.6 Å². The van der Waals surface area contributed by atoms with E-state index in [1.807, 2.05) is 0 Å². The highest BCUT2D eigenvalue weighted by Gasteiger charge is 2.15. The van der Waals surface area contributed by atoms with Crippen molar-refractivity contribution in [3.8, 4) is 0 Å². The lowest BCUT2D eigenvalue weighted by Crippen LogP contribution is -2.32. The maximum atomic E-state index is 12.2. The molecule has 132 valence electrons. The number of anilines is 1. The van der Waals surface area contributed by atoms with E-state index in [2.05, 4.69) is 10.3 Å². The summed E-state index contributed by atoms with van der Waals surface area (Å²) < 4.78 is 0. The quantitative estimate of drug-likeness (QED) is 0.700. The second-order valence-corrected chi connectivity index (χ2v) is 5.66. The van der Waals surface area contributed by atoms with Crippen LogP contribution in [-0.2, 0) is 4.79 Å². The Hall–Kier alpha value is -2.77. The van der Waals surface area contributed by atoms with E-state index >= 15 is 0 Å². The van der Waals surface area contributed by atoms with E-state index in [0.717, 1.165) is 5.56 Å². The van der Waals surface area contributed by atoms with E-state index in [1.165, 1.54) is 4.90 Å². The van der Waals surface area contributed by atoms with Crippen LogP contribution >= 0.6 is 0 Å². The first-order valence-corrected chi connectivity index (χ1v) is 7.93. The standard InChI is InChI=1S/C18H22N4O3/c1-22(10-11-23)17(24)12-16(19)13-2-4-14(5-3-13)18(25)21-15-6-8-20-9-7-15/h2-9,16,23H,10-12,19H2,1H3,(H,20,21,25). The Bertz CT molecular complexity index is 704. The van der Waals surface area contributed by atoms with Crippen molar-refractivity contribution in [3.63, 3.8) is 0 Å². The number of aliphatic hydroxyl groups is 1. The molecule has 0 saturated carbocycles. The number of carbonyl (C=O) groups excluding carboxylic acids is 2. The number of hydrogen-bond donors (Lipinski definition) is 3. The van der Waals surface area contributed by atoms with Crippen molar-refractivity contribution in [1.82, 2.24) is 9.88 Å². The van der Waals surface area contributed by atoms with Gasteiger partial charge in [0.2, 0.25) is 5.91 Å². The first-order valence-electron chi connectivity index (χ1n) is 7.93. The molecule has 0 aliphatic heterocycles. The summed E-state index contributed by atoms with van der Waals surface area (Å²) in [6, 6.07) is 9.77. The van der Waals surface area contributed by atoms with Crippen molar-refractivity contribution in [2.24, 2.45) is 5.73 Å². The predicted molar refractivity (Wildman–Crippen MR) is 94.9 cm³/mol. The van der Waals surface area contributed by atoms with Gasteiger partial charge in [-0.15, -0.1) is 0 Å². The fourth-order valence-electron chi connectivity index (χ4n) is 2.26. The molecule has 0 spiro atoms. The number of likely N-dealkylation sites (N-methyl/N-ethyl adjacent to an activating group) is 1. The molecule has 1 aromatic heterocycles. The van der Waals surface area contributed by atoms with Crippen molar-refractivity contribution in [2.45, 2.75) is 12.5 Å². The van der Waals surface area contributed by atoms with Crippen LogP contribution in [0.2, 0.25) is 0 Å². The van der Waals surface area contributed by atoms with Gasteiger partial charge in [-0.25, -0.2) is 0 Å². The number of nitrogens with two attached hydrogens (primary N) is 1. The fourth-order valence-corrected chi connectivity index (χ4v) is 2.26. The Morgan fingerprint density at radius 1 is 1.20 bits per heavy atom. The van der Waals surface area contributed by atoms with Crippen LogP contribution in [0.15, 0.2) is 48.8 Å². The third-order valence-electron chi connectivity index (χ3n) is 3.79. The highest BCUT2D eigenvalue weighted by molar-refractivity contribution is 6.04. The number of aliphatic hydroxyl groups excluding tert-OH is 1. The Morgan fingerprint density at radius 2 is 1.84 bits per heavy atom. The Labute approximate surface area is 146 Å². The number of nitrogens with one attached hydrogen (secondary N) is 1. The van der Waals surface area contributed by atoms with Crippen LogP contribution in [-0.4, -0.2) is 47.0 Å². The van der Waals surface area contributed by atoms with Gasteiger partial charge < -0.3 is 21.1 Å². The molecule has 7 nitrogen and oxygen atoms in total. The van der Waals surface area contributed by atoms with Gasteiger partial charge in [0.05, 0.1) is 6.61 Å². The monoisotopic (exact) mass is 342 g/mol. The van der Waals surface area contributed by atoms with E-state index in [1.54, 1.807) is 55.8 Å². The van der Waals surface area contributed by atoms with Gasteiger partial charge in [-0.2, -0.15) is 0 Å². The molecule has 0 aliphatic carbocycles. The number of pyridine rings is 1. The molecule has 25 heavy (non-hydrogen) atoms. The highest BCUT2D eigenvalue weighted by atomic mass is 16.3. The van der Waals surface area contributed by atoms with Gasteiger partial charge in [-0.1, -0.05) is 12.1 Å². The molecule has 0 fully saturated rings. The van der Waals surface area contributed by atoms with Crippen LogP contribution in [0.5, 0.6) is 0 Å². The fraction of sp³-hybridized carbons (Fsp3) is 0.278. The Kier molecular flexibility index (Phi) is 6.62. The molecule has 1 unspecified atom stereocenters. The summed E-state index contributed by atoms with van der Waals surface area (Å²) in [5.41, 5.74) is 7.99. The summed E-state index contributed by atoms with van der Waals surface area (Å²) >= 11 is 0. The van der Waals surface area contributed by atoms with Crippen molar-refractivity contribution >= 4 is 17.5 Å². The second-order valence-electron chi connectivity index (χ2n) is 5.66. The van der Waals surface area contributed by atoms with E-state index in [0.29, 0.717) is 11.3 Å². The van der Waals surface area contributed by atoms with Crippen LogP contribution < -0.4 is 11.1 Å². The number of amides is 2. The minimum absolute atomic E-state index is 0.0846. The zero-order valence-electron chi connectivity index (χ0n) is 14.1. The first kappa shape index (κ1) is 18.6. The van der Waals surface area contributed by atoms with Gasteiger partial charge >= 0.3 is 0 Å². The summed E-state index contributed by atoms with van der Waals surface area (Å²) in [6.45, 7) is 0.193. The van der Waals surface area contributed by atoms with Crippen molar-refractivity contribution in [2.75, 3.05) is 25.5 Å². The maximum absolute atomic E-state index is 12.2. The molecule has 1 atom stereocenters. The normalized spacial score (nSPS) is 11.6. The van der Waals surface area contributed by atoms with Crippen LogP contribution in [0, 0.1) is 0 Å². The van der Waals surface area contributed by atoms with Crippen LogP contribution in [0.4, 0.5) is 5.69 Å². The molecular formula is C18H22N4O3. The van der Waals surface area contributed by atoms with Crippen molar-refractivity contribution < 1.29 is 14.7 Å². The van der Waals surface area contributed by atoms with Gasteiger partial charge in [-0.05, 0) is 29.8 Å². The summed E-state index contributed by atoms with van der Waals surface area (Å²) in [4.78, 5) is 29.5. The Morgan fingerprint density at radius 3 is 2.44 bits per heavy atom. The molecular weight excluding hydrogens is 320 g/mol. The topological polar surface area (TPSA) is 109 Å². The maximum Gasteiger partial charge on any atom is 0.255 e. The average molecular weight is 342 g/mol. The molecule has 4 N–H and O–H groups in total. The number of aromatic nitrogens is 1. The summed E-state index contributed by atoms with van der Waals surface area (Å²) in [5, 5.41) is 11.6. The minimum atomic E-state index is -0.467. The van der Waals surface area contributed by atoms with Crippen molar-refractivity contribution in [3.05, 3.63) is 59.9 Å². The second kappa shape index (κ2) is 8.91. The molecule has 0 aliphatic rings. The molecule has 2 amide bonds. The largest absolute Gasteiger partial charge is 0.395 e. The lowest BCUT2D eigenvalue weighted by Gasteiger charge is -2.19. The van der Waals surface area contributed by atoms with Gasteiger partial charge in [0, 0.05) is 49.7 Å². The third kappa shape index (κ3) is 5.37. The predicted octanol–water partition coefficient (Wildman–Crippen LogP) is 1.17. The molecule has 2 aromatic rings. The first-order chi connectivity index (χ1) is 12.0. The van der Waals surface area contributed by atoms with Crippen LogP contribution in [0.1, 0.15) is 28.4 Å². The molecule has 7 heteroatoms. The summed E-state index contributed by atoms with van der Waals surface area (Å²) in [5.74, 6) is -0.369. The number of carbonyl (C=O) groups is 2. The molecule has 1 heterocycles. The molecule has 0 bridgehead atoms. The SMILES string of the molecule is CN(CCO)C(=O)CC(N)c1ccc(C(=O)Nc2ccncc2)cc1. The number of benzene rings is 1. The average Bonchev–Trinajstić information content (AvgIpc) is 2.62. The van der Waals surface area contributed by atoms with Crippen LogP contribution in [0.3, 0.4) is 0 Å². The van der Waals surface area contributed by atoms with E-state index < -0.39 is 6.04 Å². The van der Waals surface area contributed by atoms with Gasteiger partial charge in [0.25, 0.3) is 5.91 Å². The zero-order valence-corrected chi connectivity index (χ0v) is 14.1. The number of nitrogens with zero attached hydrogens (tertiary/aromatic N) is 2. The smallest absolute Gasteiger partial charge is 0.255 e. The van der Waals surface area contributed by atoms with E-state index in [9.17, 15) is 9.59 Å². The molecule has 1 aromatic carbocycles. The lowest BCUT2D eigenvalue weighted by atomic mass is 10.0. The van der Waals surface area contributed by atoms with Gasteiger partial charge in [0.15, 0.2) is 0 Å². The molecule has 2 rings (SSSR count). The third-order valence-corrected chi connectivity index (χ3v) is 3.79. The summed E-state index contributed by atoms with van der Waals surface area (Å²) in [7, 11) is 1.62. The Balaban J connectivity index is 1.96. The van der Waals surface area contributed by atoms with E-state index in [4.69, 9.17) is 10.8 Å². The van der Waals surface area contributed by atoms with Crippen LogP contribution in [0.25, 0.3) is 0 Å². The number of rotatable bonds is 7. The highest BCUT2D eigenvalue weighted by Crippen LogP contribution is 2.17. The number of hydrogen-bond acceptors (Lipinski definition) is 5. The zero-order chi connectivity index (χ0) is 18.2. The molecule has 0 radical (unpaired) electrons. The lowest BCUT2D eigenvalue weighted by molar-refractivity contribution is -0.130. The molecule has 0 saturated heterocycles. The minimum Gasteiger partial charge on any atom is -0.395 e. The van der Waals surface area contributed by atoms with Crippen molar-refractivity contribution in [1.29, 1.82) is 0 Å². The van der Waals surface area contributed by atoms with E-state index in [-0.39, 0.29) is 31.4 Å². The summed E-state index contributed by atoms with van der Waals surface area (Å²) in [6.07, 6.45) is 3.34. The van der Waals surface area contributed by atoms with Gasteiger partial charge in [0.1, 0.15) is 0 Å².